The summed E-state index contributed by atoms with van der Waals surface area (Å²) in [5.74, 6) is 0. The van der Waals surface area contributed by atoms with E-state index >= 15 is 0 Å². The van der Waals surface area contributed by atoms with Crippen LogP contribution in [0.25, 0.3) is 0 Å². The van der Waals surface area contributed by atoms with Crippen molar-refractivity contribution in [2.75, 3.05) is 6.54 Å². The van der Waals surface area contributed by atoms with Gasteiger partial charge >= 0.3 is 6.18 Å². The van der Waals surface area contributed by atoms with E-state index in [9.17, 15) is 13.2 Å². The van der Waals surface area contributed by atoms with Crippen molar-refractivity contribution in [3.8, 4) is 0 Å². The highest BCUT2D eigenvalue weighted by atomic mass is 19.4. The van der Waals surface area contributed by atoms with Crippen LogP contribution in [0.5, 0.6) is 0 Å². The fraction of sp³-hybridized carbons (Fsp3) is 1.00. The van der Waals surface area contributed by atoms with E-state index in [0.29, 0.717) is 19.4 Å². The molecular formula is C8H14F3N. The summed E-state index contributed by atoms with van der Waals surface area (Å²) in [6.07, 6.45) is -2.42. The third-order valence-corrected chi connectivity index (χ3v) is 2.46. The van der Waals surface area contributed by atoms with E-state index in [-0.39, 0.29) is 12.8 Å². The molecule has 1 N–H and O–H groups in total. The van der Waals surface area contributed by atoms with Crippen molar-refractivity contribution in [1.29, 1.82) is 0 Å². The van der Waals surface area contributed by atoms with Crippen LogP contribution in [-0.2, 0) is 0 Å². The van der Waals surface area contributed by atoms with Crippen molar-refractivity contribution >= 4 is 0 Å². The van der Waals surface area contributed by atoms with Gasteiger partial charge in [-0.15, -0.1) is 0 Å². The number of hydrogen-bond donors (Lipinski definition) is 1. The Morgan fingerprint density at radius 1 is 1.42 bits per heavy atom. The molecule has 1 saturated heterocycles. The van der Waals surface area contributed by atoms with Crippen molar-refractivity contribution in [2.45, 2.75) is 44.3 Å². The lowest BCUT2D eigenvalue weighted by molar-refractivity contribution is -0.194. The monoisotopic (exact) mass is 181 g/mol. The number of hydrogen-bond acceptors (Lipinski definition) is 1. The van der Waals surface area contributed by atoms with Crippen LogP contribution in [0.3, 0.4) is 0 Å². The summed E-state index contributed by atoms with van der Waals surface area (Å²) in [5, 5.41) is 2.59. The van der Waals surface area contributed by atoms with Crippen LogP contribution in [0, 0.1) is 0 Å². The van der Waals surface area contributed by atoms with Crippen molar-refractivity contribution < 1.29 is 13.2 Å². The summed E-state index contributed by atoms with van der Waals surface area (Å²) in [6, 6.07) is 0. The van der Waals surface area contributed by atoms with Crippen molar-refractivity contribution in [2.24, 2.45) is 0 Å². The predicted molar refractivity (Wildman–Crippen MR) is 40.9 cm³/mol. The van der Waals surface area contributed by atoms with Crippen molar-refractivity contribution in [3.05, 3.63) is 0 Å². The average molecular weight is 181 g/mol. The van der Waals surface area contributed by atoms with Gasteiger partial charge in [-0.05, 0) is 25.8 Å². The highest BCUT2D eigenvalue weighted by Crippen LogP contribution is 2.40. The molecule has 0 bridgehead atoms. The van der Waals surface area contributed by atoms with E-state index in [2.05, 4.69) is 5.32 Å². The van der Waals surface area contributed by atoms with Gasteiger partial charge in [0.1, 0.15) is 5.54 Å². The quantitative estimate of drug-likeness (QED) is 0.690. The molecule has 1 fully saturated rings. The molecule has 4 heteroatoms. The Morgan fingerprint density at radius 3 is 2.42 bits per heavy atom. The summed E-state index contributed by atoms with van der Waals surface area (Å²) in [4.78, 5) is 0. The fourth-order valence-corrected chi connectivity index (χ4v) is 1.83. The maximum atomic E-state index is 12.5. The molecular weight excluding hydrogens is 167 g/mol. The lowest BCUT2D eigenvalue weighted by Crippen LogP contribution is -2.52. The summed E-state index contributed by atoms with van der Waals surface area (Å²) in [7, 11) is 0. The van der Waals surface area contributed by atoms with Crippen molar-refractivity contribution in [3.63, 3.8) is 0 Å². The molecule has 1 nitrogen and oxygen atoms in total. The third-order valence-electron chi connectivity index (χ3n) is 2.46. The number of halogens is 3. The maximum Gasteiger partial charge on any atom is 0.406 e. The first-order valence-corrected chi connectivity index (χ1v) is 4.33. The summed E-state index contributed by atoms with van der Waals surface area (Å²) in [6.45, 7) is 2.28. The first kappa shape index (κ1) is 9.84. The Labute approximate surface area is 70.3 Å². The largest absolute Gasteiger partial charge is 0.406 e. The highest BCUT2D eigenvalue weighted by Gasteiger charge is 2.54. The molecule has 12 heavy (non-hydrogen) atoms. The minimum Gasteiger partial charge on any atom is -0.304 e. The molecule has 0 amide bonds. The number of alkyl halides is 3. The van der Waals surface area contributed by atoms with Gasteiger partial charge in [0.15, 0.2) is 0 Å². The van der Waals surface area contributed by atoms with Crippen LogP contribution >= 0.6 is 0 Å². The van der Waals surface area contributed by atoms with Gasteiger partial charge in [0.25, 0.3) is 0 Å². The minimum absolute atomic E-state index is 0.205. The Hall–Kier alpha value is -0.250. The van der Waals surface area contributed by atoms with Gasteiger partial charge in [-0.25, -0.2) is 0 Å². The van der Waals surface area contributed by atoms with Crippen LogP contribution in [-0.4, -0.2) is 18.3 Å². The zero-order chi connectivity index (χ0) is 9.24. The second kappa shape index (κ2) is 3.24. The van der Waals surface area contributed by atoms with E-state index in [1.165, 1.54) is 0 Å². The molecule has 1 aliphatic rings. The Balaban J connectivity index is 2.72. The molecule has 0 aliphatic carbocycles. The van der Waals surface area contributed by atoms with Crippen LogP contribution in [0.15, 0.2) is 0 Å². The van der Waals surface area contributed by atoms with E-state index in [1.54, 1.807) is 6.92 Å². The summed E-state index contributed by atoms with van der Waals surface area (Å²) >= 11 is 0. The van der Waals surface area contributed by atoms with E-state index < -0.39 is 11.7 Å². The first-order valence-electron chi connectivity index (χ1n) is 4.33. The summed E-state index contributed by atoms with van der Waals surface area (Å²) < 4.78 is 37.6. The standard InChI is InChI=1S/C8H14F3N/c1-2-4-7(8(9,10)11)5-3-6-12-7/h12H,2-6H2,1H3/t7-/m0/s1. The highest BCUT2D eigenvalue weighted by molar-refractivity contribution is 4.98. The minimum atomic E-state index is -4.08. The molecule has 0 aromatic carbocycles. The van der Waals surface area contributed by atoms with Crippen LogP contribution in [0.2, 0.25) is 0 Å². The van der Waals surface area contributed by atoms with Gasteiger partial charge in [0.2, 0.25) is 0 Å². The molecule has 1 atom stereocenters. The second-order valence-corrected chi connectivity index (χ2v) is 3.36. The average Bonchev–Trinajstić information content (AvgIpc) is 2.36. The molecule has 0 spiro atoms. The van der Waals surface area contributed by atoms with Gasteiger partial charge in [-0.3, -0.25) is 0 Å². The van der Waals surface area contributed by atoms with Gasteiger partial charge in [-0.2, -0.15) is 13.2 Å². The first-order chi connectivity index (χ1) is 5.52. The fourth-order valence-electron chi connectivity index (χ4n) is 1.83. The normalized spacial score (nSPS) is 31.0. The van der Waals surface area contributed by atoms with Crippen molar-refractivity contribution in [1.82, 2.24) is 5.32 Å². The predicted octanol–water partition coefficient (Wildman–Crippen LogP) is 2.47. The van der Waals surface area contributed by atoms with Gasteiger partial charge in [0.05, 0.1) is 0 Å². The van der Waals surface area contributed by atoms with E-state index in [1.807, 2.05) is 0 Å². The molecule has 0 aromatic heterocycles. The third kappa shape index (κ3) is 1.58. The Morgan fingerprint density at radius 2 is 2.08 bits per heavy atom. The SMILES string of the molecule is CCC[C@@]1(C(F)(F)F)CCCN1. The summed E-state index contributed by atoms with van der Waals surface area (Å²) in [5.41, 5.74) is -1.57. The van der Waals surface area contributed by atoms with Crippen LogP contribution in [0.4, 0.5) is 13.2 Å². The Kier molecular flexibility index (Phi) is 2.66. The molecule has 1 heterocycles. The maximum absolute atomic E-state index is 12.5. The lowest BCUT2D eigenvalue weighted by Gasteiger charge is -2.31. The second-order valence-electron chi connectivity index (χ2n) is 3.36. The zero-order valence-electron chi connectivity index (χ0n) is 7.17. The van der Waals surface area contributed by atoms with Crippen LogP contribution < -0.4 is 5.32 Å². The van der Waals surface area contributed by atoms with Gasteiger partial charge in [-0.1, -0.05) is 13.3 Å². The Bertz CT molecular complexity index is 147. The number of rotatable bonds is 2. The van der Waals surface area contributed by atoms with E-state index in [4.69, 9.17) is 0 Å². The van der Waals surface area contributed by atoms with Crippen LogP contribution in [0.1, 0.15) is 32.6 Å². The molecule has 0 radical (unpaired) electrons. The van der Waals surface area contributed by atoms with Gasteiger partial charge < -0.3 is 5.32 Å². The topological polar surface area (TPSA) is 12.0 Å². The number of nitrogens with one attached hydrogen (secondary N) is 1. The smallest absolute Gasteiger partial charge is 0.304 e. The van der Waals surface area contributed by atoms with E-state index in [0.717, 1.165) is 0 Å². The van der Waals surface area contributed by atoms with Gasteiger partial charge in [0, 0.05) is 0 Å². The molecule has 0 saturated carbocycles. The molecule has 0 unspecified atom stereocenters. The molecule has 0 aromatic rings. The lowest BCUT2D eigenvalue weighted by atomic mass is 9.91. The molecule has 1 aliphatic heterocycles. The molecule has 1 rings (SSSR count). The molecule has 72 valence electrons. The zero-order valence-corrected chi connectivity index (χ0v) is 7.17.